The lowest BCUT2D eigenvalue weighted by Crippen LogP contribution is -2.18. The largest absolute Gasteiger partial charge is 0.360 e. The first-order valence-electron chi connectivity index (χ1n) is 8.07. The van der Waals surface area contributed by atoms with Crippen LogP contribution in [0.2, 0.25) is 0 Å². The molecule has 2 aromatic heterocycles. The molecule has 3 aromatic rings. The van der Waals surface area contributed by atoms with E-state index >= 15 is 0 Å². The fourth-order valence-corrected chi connectivity index (χ4v) is 2.50. The third-order valence-corrected chi connectivity index (χ3v) is 3.67. The fraction of sp³-hybridized carbons (Fsp3) is 0.235. The van der Waals surface area contributed by atoms with Crippen molar-refractivity contribution >= 4 is 28.7 Å². The molecule has 0 radical (unpaired) electrons. The van der Waals surface area contributed by atoms with E-state index in [1.54, 1.807) is 33.9 Å². The highest BCUT2D eigenvalue weighted by molar-refractivity contribution is 7.80. The van der Waals surface area contributed by atoms with Crippen LogP contribution in [-0.4, -0.2) is 31.3 Å². The molecule has 3 rings (SSSR count). The minimum atomic E-state index is -0.252. The van der Waals surface area contributed by atoms with Crippen LogP contribution in [0, 0.1) is 5.82 Å². The first-order valence-corrected chi connectivity index (χ1v) is 8.48. The molecule has 0 fully saturated rings. The van der Waals surface area contributed by atoms with Crippen molar-refractivity contribution in [3.8, 4) is 0 Å². The van der Waals surface area contributed by atoms with Crippen LogP contribution in [-0.2, 0) is 18.0 Å². The van der Waals surface area contributed by atoms with Gasteiger partial charge in [-0.25, -0.2) is 9.07 Å². The molecule has 0 aliphatic rings. The number of rotatable bonds is 7. The second-order valence-corrected chi connectivity index (χ2v) is 5.93. The zero-order chi connectivity index (χ0) is 18.4. The van der Waals surface area contributed by atoms with Gasteiger partial charge in [-0.15, -0.1) is 0 Å². The molecule has 1 aromatic carbocycles. The fourth-order valence-electron chi connectivity index (χ4n) is 2.27. The van der Waals surface area contributed by atoms with E-state index in [9.17, 15) is 4.39 Å². The summed E-state index contributed by atoms with van der Waals surface area (Å²) in [6.07, 6.45) is 6.98. The van der Waals surface area contributed by atoms with E-state index in [1.807, 2.05) is 19.3 Å². The molecule has 136 valence electrons. The van der Waals surface area contributed by atoms with Crippen molar-refractivity contribution in [3.05, 3.63) is 60.4 Å². The lowest BCUT2D eigenvalue weighted by molar-refractivity contribution is 0.0792. The maximum atomic E-state index is 12.9. The zero-order valence-electron chi connectivity index (χ0n) is 14.2. The summed E-state index contributed by atoms with van der Waals surface area (Å²) in [6, 6.07) is 6.33. The van der Waals surface area contributed by atoms with Gasteiger partial charge in [-0.2, -0.15) is 10.2 Å². The van der Waals surface area contributed by atoms with E-state index in [0.717, 1.165) is 16.9 Å². The molecule has 26 heavy (non-hydrogen) atoms. The summed E-state index contributed by atoms with van der Waals surface area (Å²) in [7, 11) is 0. The molecule has 7 nitrogen and oxygen atoms in total. The van der Waals surface area contributed by atoms with Crippen LogP contribution in [0.25, 0.3) is 0 Å². The predicted molar refractivity (Wildman–Crippen MR) is 101 cm³/mol. The van der Waals surface area contributed by atoms with Gasteiger partial charge >= 0.3 is 0 Å². The third-order valence-electron chi connectivity index (χ3n) is 3.47. The van der Waals surface area contributed by atoms with Gasteiger partial charge in [0.2, 0.25) is 0 Å². The third kappa shape index (κ3) is 5.11. The first-order chi connectivity index (χ1) is 12.6. The number of ether oxygens (including phenoxy) is 1. The summed E-state index contributed by atoms with van der Waals surface area (Å²) in [6.45, 7) is 3.50. The standard InChI is InChI=1S/C17H19FN6OS/c1-2-25-12-24-11-16(8-20-24)22-17(26)21-15-7-19-23(10-15)9-13-3-5-14(18)6-4-13/h3-8,10-11H,2,9,12H2,1H3,(H2,21,22,26). The lowest BCUT2D eigenvalue weighted by atomic mass is 10.2. The average Bonchev–Trinajstić information content (AvgIpc) is 3.24. The SMILES string of the molecule is CCOCn1cc(NC(=S)Nc2cnn(Cc3ccc(F)cc3)c2)cn1. The number of nitrogens with zero attached hydrogens (tertiary/aromatic N) is 4. The van der Waals surface area contributed by atoms with Crippen LogP contribution in [0.3, 0.4) is 0 Å². The lowest BCUT2D eigenvalue weighted by Gasteiger charge is -2.06. The number of nitrogens with one attached hydrogen (secondary N) is 2. The Bertz CT molecular complexity index is 860. The van der Waals surface area contributed by atoms with Crippen LogP contribution in [0.15, 0.2) is 49.1 Å². The Morgan fingerprint density at radius 2 is 1.69 bits per heavy atom. The Hall–Kier alpha value is -2.78. The molecule has 0 bridgehead atoms. The second-order valence-electron chi connectivity index (χ2n) is 5.52. The Morgan fingerprint density at radius 1 is 1.08 bits per heavy atom. The highest BCUT2D eigenvalue weighted by atomic mass is 32.1. The van der Waals surface area contributed by atoms with Crippen LogP contribution in [0.1, 0.15) is 12.5 Å². The maximum Gasteiger partial charge on any atom is 0.175 e. The predicted octanol–water partition coefficient (Wildman–Crippen LogP) is 3.07. The molecule has 0 atom stereocenters. The molecule has 0 unspecified atom stereocenters. The summed E-state index contributed by atoms with van der Waals surface area (Å²) in [4.78, 5) is 0. The Morgan fingerprint density at radius 3 is 2.35 bits per heavy atom. The highest BCUT2D eigenvalue weighted by Gasteiger charge is 2.05. The maximum absolute atomic E-state index is 12.9. The molecule has 0 aliphatic carbocycles. The van der Waals surface area contributed by atoms with Gasteiger partial charge in [0.05, 0.1) is 36.5 Å². The number of thiocarbonyl (C=S) groups is 1. The van der Waals surface area contributed by atoms with E-state index in [-0.39, 0.29) is 5.82 Å². The zero-order valence-corrected chi connectivity index (χ0v) is 15.0. The van der Waals surface area contributed by atoms with Gasteiger partial charge in [0.15, 0.2) is 5.11 Å². The van der Waals surface area contributed by atoms with Crippen LogP contribution in [0.5, 0.6) is 0 Å². The number of benzene rings is 1. The monoisotopic (exact) mass is 374 g/mol. The van der Waals surface area contributed by atoms with Crippen LogP contribution >= 0.6 is 12.2 Å². The van der Waals surface area contributed by atoms with E-state index in [4.69, 9.17) is 17.0 Å². The van der Waals surface area contributed by atoms with Gasteiger partial charge < -0.3 is 15.4 Å². The summed E-state index contributed by atoms with van der Waals surface area (Å²) < 4.78 is 21.7. The van der Waals surface area contributed by atoms with Crippen molar-refractivity contribution in [2.45, 2.75) is 20.2 Å². The van der Waals surface area contributed by atoms with Crippen LogP contribution < -0.4 is 10.6 Å². The summed E-state index contributed by atoms with van der Waals surface area (Å²) in [5.41, 5.74) is 2.48. The topological polar surface area (TPSA) is 68.9 Å². The van der Waals surface area contributed by atoms with Gasteiger partial charge in [0.25, 0.3) is 0 Å². The van der Waals surface area contributed by atoms with Crippen molar-refractivity contribution in [2.75, 3.05) is 17.2 Å². The quantitative estimate of drug-likeness (QED) is 0.620. The minimum Gasteiger partial charge on any atom is -0.360 e. The smallest absolute Gasteiger partial charge is 0.175 e. The number of hydrogen-bond acceptors (Lipinski definition) is 4. The number of aromatic nitrogens is 4. The Kier molecular flexibility index (Phi) is 5.92. The molecule has 0 aliphatic heterocycles. The Balaban J connectivity index is 1.52. The Labute approximate surface area is 155 Å². The van der Waals surface area contributed by atoms with Gasteiger partial charge in [0.1, 0.15) is 12.5 Å². The van der Waals surface area contributed by atoms with Crippen molar-refractivity contribution in [2.24, 2.45) is 0 Å². The molecule has 2 heterocycles. The number of hydrogen-bond donors (Lipinski definition) is 2. The average molecular weight is 374 g/mol. The van der Waals surface area contributed by atoms with E-state index in [1.165, 1.54) is 12.1 Å². The normalized spacial score (nSPS) is 10.7. The molecule has 0 saturated heterocycles. The molecular formula is C17H19FN6OS. The molecule has 0 saturated carbocycles. The molecule has 9 heteroatoms. The number of halogens is 1. The van der Waals surface area contributed by atoms with Crippen molar-refractivity contribution < 1.29 is 9.13 Å². The van der Waals surface area contributed by atoms with E-state index in [2.05, 4.69) is 20.8 Å². The highest BCUT2D eigenvalue weighted by Crippen LogP contribution is 2.11. The van der Waals surface area contributed by atoms with E-state index in [0.29, 0.717) is 25.0 Å². The number of anilines is 2. The molecule has 0 spiro atoms. The first kappa shape index (κ1) is 18.0. The van der Waals surface area contributed by atoms with Gasteiger partial charge in [-0.05, 0) is 36.8 Å². The minimum absolute atomic E-state index is 0.252. The van der Waals surface area contributed by atoms with Crippen molar-refractivity contribution in [1.82, 2.24) is 19.6 Å². The molecule has 0 amide bonds. The summed E-state index contributed by atoms with van der Waals surface area (Å²) >= 11 is 5.30. The van der Waals surface area contributed by atoms with Gasteiger partial charge in [-0.1, -0.05) is 12.1 Å². The second kappa shape index (κ2) is 8.54. The van der Waals surface area contributed by atoms with Gasteiger partial charge in [-0.3, -0.25) is 4.68 Å². The van der Waals surface area contributed by atoms with Crippen molar-refractivity contribution in [1.29, 1.82) is 0 Å². The van der Waals surface area contributed by atoms with Gasteiger partial charge in [0, 0.05) is 12.8 Å². The summed E-state index contributed by atoms with van der Waals surface area (Å²) in [5.74, 6) is -0.252. The summed E-state index contributed by atoms with van der Waals surface area (Å²) in [5, 5.41) is 15.0. The molecule has 2 N–H and O–H groups in total. The molecular weight excluding hydrogens is 355 g/mol. The van der Waals surface area contributed by atoms with Crippen molar-refractivity contribution in [3.63, 3.8) is 0 Å². The van der Waals surface area contributed by atoms with E-state index < -0.39 is 0 Å². The van der Waals surface area contributed by atoms with Crippen LogP contribution in [0.4, 0.5) is 15.8 Å².